The second-order valence-corrected chi connectivity index (χ2v) is 11.4. The van der Waals surface area contributed by atoms with E-state index in [2.05, 4.69) is 0 Å². The van der Waals surface area contributed by atoms with Gasteiger partial charge in [-0.2, -0.15) is 0 Å². The van der Waals surface area contributed by atoms with Gasteiger partial charge in [-0.15, -0.1) is 0 Å². The van der Waals surface area contributed by atoms with Gasteiger partial charge in [0.2, 0.25) is 5.91 Å². The molecule has 2 aliphatic rings. The van der Waals surface area contributed by atoms with E-state index < -0.39 is 27.8 Å². The number of para-hydroxylation sites is 1. The summed E-state index contributed by atoms with van der Waals surface area (Å²) < 4.78 is 25.6. The molecule has 8 heteroatoms. The molecule has 1 amide bonds. The molecule has 0 saturated carbocycles. The third-order valence-corrected chi connectivity index (χ3v) is 8.96. The minimum atomic E-state index is -3.42. The van der Waals surface area contributed by atoms with Gasteiger partial charge in [0.25, 0.3) is 0 Å². The number of aliphatic carboxylic acids is 1. The van der Waals surface area contributed by atoms with E-state index in [4.69, 9.17) is 0 Å². The van der Waals surface area contributed by atoms with Gasteiger partial charge in [-0.25, -0.2) is 13.2 Å². The number of hydrogen-bond donors (Lipinski definition) is 1. The summed E-state index contributed by atoms with van der Waals surface area (Å²) in [6.07, 6.45) is 0.668. The lowest BCUT2D eigenvalue weighted by atomic mass is 9.90. The zero-order valence-corrected chi connectivity index (χ0v) is 20.5. The Morgan fingerprint density at radius 2 is 1.44 bits per heavy atom. The maximum atomic E-state index is 14.1. The van der Waals surface area contributed by atoms with E-state index >= 15 is 0 Å². The van der Waals surface area contributed by atoms with Gasteiger partial charge in [0.15, 0.2) is 9.84 Å². The zero-order valence-electron chi connectivity index (χ0n) is 19.7. The Labute approximate surface area is 210 Å². The van der Waals surface area contributed by atoms with Crippen molar-refractivity contribution in [3.05, 3.63) is 96.1 Å². The van der Waals surface area contributed by atoms with Crippen molar-refractivity contribution in [1.82, 2.24) is 4.90 Å². The molecular formula is C28H28N2O5S. The van der Waals surface area contributed by atoms with Crippen LogP contribution < -0.4 is 4.90 Å². The van der Waals surface area contributed by atoms with Crippen molar-refractivity contribution in [2.45, 2.75) is 35.7 Å². The number of fused-ring (bicyclic) bond motifs is 1. The molecule has 2 atom stereocenters. The summed E-state index contributed by atoms with van der Waals surface area (Å²) in [5.74, 6) is -1.91. The second-order valence-electron chi connectivity index (χ2n) is 9.32. The van der Waals surface area contributed by atoms with Crippen molar-refractivity contribution in [2.75, 3.05) is 23.7 Å². The van der Waals surface area contributed by atoms with Crippen molar-refractivity contribution in [3.63, 3.8) is 0 Å². The summed E-state index contributed by atoms with van der Waals surface area (Å²) in [6.45, 7) is 0.691. The number of carboxylic acid groups (broad SMARTS) is 1. The number of benzene rings is 3. The van der Waals surface area contributed by atoms with Crippen LogP contribution in [-0.2, 0) is 19.4 Å². The molecule has 0 unspecified atom stereocenters. The molecule has 0 bridgehead atoms. The van der Waals surface area contributed by atoms with E-state index in [1.54, 1.807) is 24.3 Å². The Morgan fingerprint density at radius 1 is 0.861 bits per heavy atom. The minimum Gasteiger partial charge on any atom is -0.480 e. The second kappa shape index (κ2) is 9.78. The smallest absolute Gasteiger partial charge is 0.326 e. The summed E-state index contributed by atoms with van der Waals surface area (Å²) in [5.41, 5.74) is 2.18. The summed E-state index contributed by atoms with van der Waals surface area (Å²) >= 11 is 0. The Morgan fingerprint density at radius 3 is 2.06 bits per heavy atom. The number of likely N-dealkylation sites (tertiary alicyclic amines) is 1. The average molecular weight is 505 g/mol. The molecule has 36 heavy (non-hydrogen) atoms. The predicted octanol–water partition coefficient (Wildman–Crippen LogP) is 3.56. The number of carbonyl (C=O) groups excluding carboxylic acids is 1. The topological polar surface area (TPSA) is 95.0 Å². The van der Waals surface area contributed by atoms with Crippen LogP contribution in [0.1, 0.15) is 29.9 Å². The molecular weight excluding hydrogens is 476 g/mol. The zero-order chi connectivity index (χ0) is 25.3. The van der Waals surface area contributed by atoms with Crippen LogP contribution >= 0.6 is 0 Å². The summed E-state index contributed by atoms with van der Waals surface area (Å²) in [4.78, 5) is 30.1. The van der Waals surface area contributed by atoms with Gasteiger partial charge in [-0.1, -0.05) is 72.8 Å². The highest BCUT2D eigenvalue weighted by atomic mass is 32.2. The predicted molar refractivity (Wildman–Crippen MR) is 137 cm³/mol. The van der Waals surface area contributed by atoms with Crippen LogP contribution in [0.25, 0.3) is 0 Å². The first-order chi connectivity index (χ1) is 17.4. The van der Waals surface area contributed by atoms with Gasteiger partial charge in [0.05, 0.1) is 22.3 Å². The minimum absolute atomic E-state index is 0.0440. The van der Waals surface area contributed by atoms with Crippen LogP contribution in [-0.4, -0.2) is 61.2 Å². The van der Waals surface area contributed by atoms with E-state index in [-0.39, 0.29) is 35.6 Å². The van der Waals surface area contributed by atoms with Crippen LogP contribution in [0.2, 0.25) is 0 Å². The van der Waals surface area contributed by atoms with E-state index in [1.807, 2.05) is 65.6 Å². The lowest BCUT2D eigenvalue weighted by molar-refractivity contribution is -0.148. The summed E-state index contributed by atoms with van der Waals surface area (Å²) in [6, 6.07) is 24.3. The third-order valence-electron chi connectivity index (χ3n) is 7.12. The van der Waals surface area contributed by atoms with Crippen molar-refractivity contribution in [2.24, 2.45) is 0 Å². The Balaban J connectivity index is 1.51. The number of rotatable bonds is 5. The van der Waals surface area contributed by atoms with Crippen molar-refractivity contribution < 1.29 is 23.1 Å². The third kappa shape index (κ3) is 4.48. The van der Waals surface area contributed by atoms with E-state index in [9.17, 15) is 23.1 Å². The van der Waals surface area contributed by atoms with Crippen molar-refractivity contribution >= 4 is 27.4 Å². The van der Waals surface area contributed by atoms with Crippen LogP contribution in [0.3, 0.4) is 0 Å². The molecule has 3 aromatic carbocycles. The van der Waals surface area contributed by atoms with Crippen LogP contribution in [0.4, 0.5) is 5.69 Å². The number of carbonyl (C=O) groups is 2. The number of carboxylic acids is 1. The van der Waals surface area contributed by atoms with Gasteiger partial charge in [0.1, 0.15) is 6.04 Å². The maximum Gasteiger partial charge on any atom is 0.326 e. The fourth-order valence-corrected chi connectivity index (χ4v) is 6.96. The van der Waals surface area contributed by atoms with Crippen molar-refractivity contribution in [1.29, 1.82) is 0 Å². The fourth-order valence-electron chi connectivity index (χ4n) is 5.44. The van der Waals surface area contributed by atoms with Crippen LogP contribution in [0.5, 0.6) is 0 Å². The lowest BCUT2D eigenvalue weighted by Gasteiger charge is -2.31. The van der Waals surface area contributed by atoms with Gasteiger partial charge >= 0.3 is 5.97 Å². The monoisotopic (exact) mass is 504 g/mol. The number of hydrogen-bond acceptors (Lipinski definition) is 5. The molecule has 2 heterocycles. The highest BCUT2D eigenvalue weighted by molar-refractivity contribution is 7.91. The lowest BCUT2D eigenvalue weighted by Crippen LogP contribution is -2.44. The molecule has 1 saturated heterocycles. The van der Waals surface area contributed by atoms with E-state index in [1.165, 1.54) is 4.90 Å². The van der Waals surface area contributed by atoms with Crippen LogP contribution in [0, 0.1) is 0 Å². The molecule has 2 aliphatic heterocycles. The molecule has 0 aromatic heterocycles. The summed E-state index contributed by atoms with van der Waals surface area (Å²) in [5, 5.41) is 10.1. The maximum absolute atomic E-state index is 14.1. The van der Waals surface area contributed by atoms with Gasteiger partial charge in [-0.3, -0.25) is 4.79 Å². The van der Waals surface area contributed by atoms with Gasteiger partial charge in [0, 0.05) is 25.6 Å². The normalized spacial score (nSPS) is 21.1. The van der Waals surface area contributed by atoms with E-state index in [0.29, 0.717) is 18.7 Å². The summed E-state index contributed by atoms with van der Waals surface area (Å²) in [7, 11) is -3.42. The Hall–Kier alpha value is -3.65. The molecule has 1 fully saturated rings. The molecule has 1 N–H and O–H groups in total. The molecule has 0 aliphatic carbocycles. The highest BCUT2D eigenvalue weighted by Crippen LogP contribution is 2.36. The van der Waals surface area contributed by atoms with Gasteiger partial charge < -0.3 is 14.9 Å². The fraction of sp³-hybridized carbons (Fsp3) is 0.286. The average Bonchev–Trinajstić information content (AvgIpc) is 3.28. The largest absolute Gasteiger partial charge is 0.480 e. The molecule has 7 nitrogen and oxygen atoms in total. The first-order valence-corrected chi connectivity index (χ1v) is 13.7. The van der Waals surface area contributed by atoms with Crippen molar-refractivity contribution in [3.8, 4) is 0 Å². The Bertz CT molecular complexity index is 1320. The first-order valence-electron chi connectivity index (χ1n) is 12.1. The molecule has 0 spiro atoms. The number of nitrogens with zero attached hydrogens (tertiary/aromatic N) is 2. The van der Waals surface area contributed by atoms with Gasteiger partial charge in [-0.05, 0) is 29.7 Å². The molecule has 5 rings (SSSR count). The number of anilines is 1. The Kier molecular flexibility index (Phi) is 6.53. The first kappa shape index (κ1) is 24.1. The highest BCUT2D eigenvalue weighted by Gasteiger charge is 2.45. The van der Waals surface area contributed by atoms with E-state index in [0.717, 1.165) is 11.1 Å². The quantitative estimate of drug-likeness (QED) is 0.571. The molecule has 186 valence electrons. The number of sulfone groups is 1. The number of amides is 1. The van der Waals surface area contributed by atoms with Crippen LogP contribution in [0.15, 0.2) is 89.8 Å². The molecule has 0 radical (unpaired) electrons. The standard InChI is InChI=1S/C28H28N2O5S/c31-27(26(20-10-3-1-4-11-20)21-12-5-2-6-13-21)30-19-22(18-24(30)28(32)33)29-16-9-17-36(34,35)25-15-8-7-14-23(25)29/h1-8,10-15,22,24,26H,9,16-19H2,(H,32,33)/t22-,24-/m0/s1. The SMILES string of the molecule is O=C(O)[C@@H]1C[C@H](N2CCCS(=O)(=O)c3ccccc32)CN1C(=O)C(c1ccccc1)c1ccccc1. The molecule has 3 aromatic rings.